The summed E-state index contributed by atoms with van der Waals surface area (Å²) in [6.45, 7) is 11.3. The quantitative estimate of drug-likeness (QED) is 0.271. The number of anilines is 2. The lowest BCUT2D eigenvalue weighted by Crippen LogP contribution is -2.50. The number of hydrogen-bond acceptors (Lipinski definition) is 8. The van der Waals surface area contributed by atoms with Crippen LogP contribution in [0.2, 0.25) is 0 Å². The summed E-state index contributed by atoms with van der Waals surface area (Å²) in [5.74, 6) is 0.297. The Morgan fingerprint density at radius 2 is 1.68 bits per heavy atom. The molecule has 44 heavy (non-hydrogen) atoms. The summed E-state index contributed by atoms with van der Waals surface area (Å²) < 4.78 is 31.9. The first-order valence-electron chi connectivity index (χ1n) is 15.7. The van der Waals surface area contributed by atoms with E-state index in [1.165, 1.54) is 44.8 Å². The van der Waals surface area contributed by atoms with Crippen LogP contribution in [-0.2, 0) is 6.54 Å². The number of fused-ring (bicyclic) bond motifs is 1. The van der Waals surface area contributed by atoms with Crippen LogP contribution in [-0.4, -0.2) is 91.6 Å². The Morgan fingerprint density at radius 3 is 2.34 bits per heavy atom. The van der Waals surface area contributed by atoms with Crippen molar-refractivity contribution in [2.24, 2.45) is 0 Å². The van der Waals surface area contributed by atoms with Crippen LogP contribution in [0, 0.1) is 18.6 Å². The molecule has 3 aromatic heterocycles. The maximum absolute atomic E-state index is 15.0. The van der Waals surface area contributed by atoms with Gasteiger partial charge in [-0.3, -0.25) is 4.90 Å². The van der Waals surface area contributed by atoms with Gasteiger partial charge in [-0.1, -0.05) is 6.07 Å². The fourth-order valence-electron chi connectivity index (χ4n) is 6.86. The van der Waals surface area contributed by atoms with Crippen LogP contribution in [0.15, 0.2) is 36.7 Å². The number of nitrogens with zero attached hydrogens (tertiary/aromatic N) is 8. The van der Waals surface area contributed by atoms with E-state index < -0.39 is 11.6 Å². The molecule has 4 aromatic rings. The van der Waals surface area contributed by atoms with E-state index in [9.17, 15) is 4.39 Å². The first-order chi connectivity index (χ1) is 21.2. The number of likely N-dealkylation sites (tertiary alicyclic amines) is 2. The van der Waals surface area contributed by atoms with Gasteiger partial charge < -0.3 is 19.7 Å². The highest BCUT2D eigenvalue weighted by atomic mass is 19.1. The molecule has 0 amide bonds. The highest BCUT2D eigenvalue weighted by molar-refractivity contribution is 5.83. The predicted octanol–water partition coefficient (Wildman–Crippen LogP) is 5.79. The summed E-state index contributed by atoms with van der Waals surface area (Å²) in [6.07, 6.45) is 7.91. The van der Waals surface area contributed by atoms with Gasteiger partial charge in [0.15, 0.2) is 11.6 Å². The Labute approximate surface area is 258 Å². The molecule has 0 bridgehead atoms. The first kappa shape index (κ1) is 30.5. The van der Waals surface area contributed by atoms with Crippen molar-refractivity contribution < 1.29 is 8.78 Å². The van der Waals surface area contributed by atoms with E-state index in [0.29, 0.717) is 28.8 Å². The second-order valence-corrected chi connectivity index (χ2v) is 12.8. The lowest BCUT2D eigenvalue weighted by atomic mass is 9.97. The van der Waals surface area contributed by atoms with Crippen LogP contribution < -0.4 is 5.32 Å². The van der Waals surface area contributed by atoms with Crippen LogP contribution >= 0.6 is 0 Å². The fraction of sp³-hybridized carbons (Fsp3) is 0.515. The maximum atomic E-state index is 15.0. The standard InChI is InChI=1S/C33H43F2N9/c1-21(2)44-22(3)38-32-27(34)16-24(17-29(32)44)31-28(35)19-37-33(40-31)39-30-7-6-23(18-36-30)20-42-12-8-26(9-13-42)43-14-10-25(11-15-43)41(4)5/h6-7,16-19,21,25-26H,8-15,20H2,1-5H3,(H,36,37,39,40). The topological polar surface area (TPSA) is 78.2 Å². The second kappa shape index (κ2) is 12.8. The molecule has 0 atom stereocenters. The smallest absolute Gasteiger partial charge is 0.229 e. The highest BCUT2D eigenvalue weighted by Gasteiger charge is 2.29. The molecule has 9 nitrogen and oxygen atoms in total. The zero-order valence-corrected chi connectivity index (χ0v) is 26.4. The van der Waals surface area contributed by atoms with Crippen molar-refractivity contribution >= 4 is 22.8 Å². The molecule has 2 saturated heterocycles. The van der Waals surface area contributed by atoms with Crippen LogP contribution in [0.4, 0.5) is 20.5 Å². The summed E-state index contributed by atoms with van der Waals surface area (Å²) in [5, 5.41) is 3.08. The van der Waals surface area contributed by atoms with E-state index >= 15 is 4.39 Å². The minimum atomic E-state index is -0.633. The van der Waals surface area contributed by atoms with Crippen molar-refractivity contribution in [3.8, 4) is 11.3 Å². The summed E-state index contributed by atoms with van der Waals surface area (Å²) in [7, 11) is 4.39. The number of aryl methyl sites for hydroxylation is 1. The molecule has 2 aliphatic heterocycles. The molecule has 234 valence electrons. The predicted molar refractivity (Wildman–Crippen MR) is 170 cm³/mol. The van der Waals surface area contributed by atoms with E-state index in [4.69, 9.17) is 0 Å². The van der Waals surface area contributed by atoms with E-state index in [1.54, 1.807) is 6.07 Å². The van der Waals surface area contributed by atoms with Gasteiger partial charge in [0.2, 0.25) is 5.95 Å². The van der Waals surface area contributed by atoms with Crippen molar-refractivity contribution in [3.05, 3.63) is 59.7 Å². The van der Waals surface area contributed by atoms with Crippen molar-refractivity contribution in [1.82, 2.24) is 39.2 Å². The summed E-state index contributed by atoms with van der Waals surface area (Å²) in [6, 6.07) is 8.43. The van der Waals surface area contributed by atoms with Gasteiger partial charge in [-0.15, -0.1) is 0 Å². The molecule has 0 aliphatic carbocycles. The number of nitrogens with one attached hydrogen (secondary N) is 1. The Hall–Kier alpha value is -3.54. The number of benzene rings is 1. The lowest BCUT2D eigenvalue weighted by Gasteiger charge is -2.43. The number of pyridine rings is 1. The van der Waals surface area contributed by atoms with Gasteiger partial charge in [-0.05, 0) is 110 Å². The molecule has 2 fully saturated rings. The molecule has 11 heteroatoms. The van der Waals surface area contributed by atoms with Crippen molar-refractivity contribution in [1.29, 1.82) is 0 Å². The monoisotopic (exact) mass is 603 g/mol. The van der Waals surface area contributed by atoms with E-state index in [-0.39, 0.29) is 23.2 Å². The van der Waals surface area contributed by atoms with E-state index in [0.717, 1.165) is 37.4 Å². The first-order valence-corrected chi connectivity index (χ1v) is 15.7. The van der Waals surface area contributed by atoms with Gasteiger partial charge in [0.1, 0.15) is 22.9 Å². The molecule has 0 saturated carbocycles. The van der Waals surface area contributed by atoms with Crippen LogP contribution in [0.25, 0.3) is 22.3 Å². The average molecular weight is 604 g/mol. The molecule has 0 radical (unpaired) electrons. The Kier molecular flexibility index (Phi) is 8.89. The molecule has 2 aliphatic rings. The minimum absolute atomic E-state index is 0.0135. The zero-order valence-electron chi connectivity index (χ0n) is 26.4. The Balaban J connectivity index is 1.08. The molecule has 6 rings (SSSR count). The van der Waals surface area contributed by atoms with Gasteiger partial charge in [-0.2, -0.15) is 0 Å². The molecule has 5 heterocycles. The Morgan fingerprint density at radius 1 is 0.932 bits per heavy atom. The number of imidazole rings is 1. The van der Waals surface area contributed by atoms with Crippen LogP contribution in [0.3, 0.4) is 0 Å². The van der Waals surface area contributed by atoms with Crippen LogP contribution in [0.5, 0.6) is 0 Å². The van der Waals surface area contributed by atoms with Gasteiger partial charge in [0.05, 0.1) is 11.7 Å². The third-order valence-electron chi connectivity index (χ3n) is 9.23. The van der Waals surface area contributed by atoms with E-state index in [1.807, 2.05) is 37.6 Å². The van der Waals surface area contributed by atoms with Crippen molar-refractivity contribution in [2.75, 3.05) is 45.6 Å². The summed E-state index contributed by atoms with van der Waals surface area (Å²) in [4.78, 5) is 25.0. The summed E-state index contributed by atoms with van der Waals surface area (Å²) in [5.41, 5.74) is 2.35. The number of hydrogen-bond donors (Lipinski definition) is 1. The third-order valence-corrected chi connectivity index (χ3v) is 9.23. The number of halogens is 2. The lowest BCUT2D eigenvalue weighted by molar-refractivity contribution is 0.0655. The SMILES string of the molecule is Cc1nc2c(F)cc(-c3nc(Nc4ccc(CN5CCC(N6CCC(N(C)C)CC6)CC5)cn4)ncc3F)cc2n1C(C)C. The normalized spacial score (nSPS) is 17.8. The maximum Gasteiger partial charge on any atom is 0.229 e. The molecule has 0 unspecified atom stereocenters. The largest absolute Gasteiger partial charge is 0.326 e. The zero-order chi connectivity index (χ0) is 31.0. The fourth-order valence-corrected chi connectivity index (χ4v) is 6.86. The third kappa shape index (κ3) is 6.45. The van der Waals surface area contributed by atoms with Crippen molar-refractivity contribution in [2.45, 2.75) is 71.1 Å². The molecule has 1 aromatic carbocycles. The second-order valence-electron chi connectivity index (χ2n) is 12.8. The average Bonchev–Trinajstić information content (AvgIpc) is 3.36. The van der Waals surface area contributed by atoms with Crippen LogP contribution in [0.1, 0.15) is 57.0 Å². The van der Waals surface area contributed by atoms with Gasteiger partial charge >= 0.3 is 0 Å². The highest BCUT2D eigenvalue weighted by Crippen LogP contribution is 2.30. The van der Waals surface area contributed by atoms with Gasteiger partial charge in [0.25, 0.3) is 0 Å². The molecular weight excluding hydrogens is 560 g/mol. The molecular formula is C33H43F2N9. The Bertz CT molecular complexity index is 1590. The van der Waals surface area contributed by atoms with E-state index in [2.05, 4.69) is 60.1 Å². The molecule has 1 N–H and O–H groups in total. The number of piperidine rings is 2. The van der Waals surface area contributed by atoms with Gasteiger partial charge in [-0.25, -0.2) is 28.7 Å². The number of aromatic nitrogens is 5. The number of rotatable bonds is 8. The van der Waals surface area contributed by atoms with Gasteiger partial charge in [0, 0.05) is 36.4 Å². The molecule has 0 spiro atoms. The van der Waals surface area contributed by atoms with Crippen molar-refractivity contribution in [3.63, 3.8) is 0 Å². The summed E-state index contributed by atoms with van der Waals surface area (Å²) >= 11 is 0. The minimum Gasteiger partial charge on any atom is -0.326 e.